The van der Waals surface area contributed by atoms with Crippen molar-refractivity contribution in [3.63, 3.8) is 0 Å². The van der Waals surface area contributed by atoms with Crippen LogP contribution in [-0.4, -0.2) is 19.9 Å². The van der Waals surface area contributed by atoms with E-state index in [1.165, 1.54) is 0 Å². The minimum Gasteiger partial charge on any atom is -0.264 e. The molecule has 0 bridgehead atoms. The third kappa shape index (κ3) is 2.90. The maximum atomic E-state index is 4.53. The standard InChI is InChI=1S/C20H14N4/c1-3-17(11-21-9-1)19-7-5-15(13-23-19)16-6-8-20(24-14-16)18-4-2-10-22-12-18/h1-14H. The fourth-order valence-corrected chi connectivity index (χ4v) is 2.50. The second-order valence-electron chi connectivity index (χ2n) is 5.35. The van der Waals surface area contributed by atoms with Crippen LogP contribution in [0.15, 0.2) is 85.7 Å². The van der Waals surface area contributed by atoms with Crippen molar-refractivity contribution in [1.29, 1.82) is 0 Å². The van der Waals surface area contributed by atoms with Crippen molar-refractivity contribution in [2.75, 3.05) is 0 Å². The number of aromatic nitrogens is 4. The zero-order valence-corrected chi connectivity index (χ0v) is 12.9. The third-order valence-electron chi connectivity index (χ3n) is 3.77. The Morgan fingerprint density at radius 2 is 0.958 bits per heavy atom. The molecule has 24 heavy (non-hydrogen) atoms. The van der Waals surface area contributed by atoms with E-state index in [2.05, 4.69) is 32.1 Å². The Kier molecular flexibility index (Phi) is 3.78. The van der Waals surface area contributed by atoms with Crippen LogP contribution in [0.4, 0.5) is 0 Å². The van der Waals surface area contributed by atoms with E-state index < -0.39 is 0 Å². The molecule has 4 heteroatoms. The smallest absolute Gasteiger partial charge is 0.0717 e. The van der Waals surface area contributed by atoms with Gasteiger partial charge in [-0.05, 0) is 36.4 Å². The molecule has 0 saturated carbocycles. The van der Waals surface area contributed by atoms with Crippen LogP contribution in [-0.2, 0) is 0 Å². The van der Waals surface area contributed by atoms with E-state index in [4.69, 9.17) is 0 Å². The van der Waals surface area contributed by atoms with Crippen LogP contribution in [0.25, 0.3) is 33.6 Å². The first-order chi connectivity index (χ1) is 11.9. The average molecular weight is 310 g/mol. The van der Waals surface area contributed by atoms with E-state index in [9.17, 15) is 0 Å². The van der Waals surface area contributed by atoms with Crippen LogP contribution in [0, 0.1) is 0 Å². The summed E-state index contributed by atoms with van der Waals surface area (Å²) in [5.74, 6) is 0. The van der Waals surface area contributed by atoms with Crippen LogP contribution in [0.5, 0.6) is 0 Å². The SMILES string of the molecule is c1cncc(-c2ccc(-c3ccc(-c4cccnc4)nc3)cn2)c1. The summed E-state index contributed by atoms with van der Waals surface area (Å²) >= 11 is 0. The molecule has 0 N–H and O–H groups in total. The summed E-state index contributed by atoms with van der Waals surface area (Å²) in [6.45, 7) is 0. The monoisotopic (exact) mass is 310 g/mol. The number of nitrogens with zero attached hydrogens (tertiary/aromatic N) is 4. The topological polar surface area (TPSA) is 51.6 Å². The van der Waals surface area contributed by atoms with E-state index in [1.54, 1.807) is 12.4 Å². The zero-order valence-electron chi connectivity index (χ0n) is 12.9. The lowest BCUT2D eigenvalue weighted by Gasteiger charge is -2.05. The summed E-state index contributed by atoms with van der Waals surface area (Å²) in [6, 6.07) is 15.9. The average Bonchev–Trinajstić information content (AvgIpc) is 2.70. The lowest BCUT2D eigenvalue weighted by molar-refractivity contribution is 1.26. The fourth-order valence-electron chi connectivity index (χ4n) is 2.50. The highest BCUT2D eigenvalue weighted by Crippen LogP contribution is 2.23. The highest BCUT2D eigenvalue weighted by molar-refractivity contribution is 5.68. The second kappa shape index (κ2) is 6.38. The Balaban J connectivity index is 1.60. The Labute approximate surface area is 139 Å². The summed E-state index contributed by atoms with van der Waals surface area (Å²) in [7, 11) is 0. The molecule has 0 aliphatic heterocycles. The Hall–Kier alpha value is -3.40. The van der Waals surface area contributed by atoms with Crippen LogP contribution in [0.3, 0.4) is 0 Å². The maximum Gasteiger partial charge on any atom is 0.0717 e. The molecule has 0 aromatic carbocycles. The molecule has 4 heterocycles. The van der Waals surface area contributed by atoms with Gasteiger partial charge in [-0.1, -0.05) is 12.1 Å². The molecule has 0 fully saturated rings. The lowest BCUT2D eigenvalue weighted by Crippen LogP contribution is -1.88. The number of pyridine rings is 4. The molecule has 0 saturated heterocycles. The van der Waals surface area contributed by atoms with Crippen LogP contribution >= 0.6 is 0 Å². The van der Waals surface area contributed by atoms with Gasteiger partial charge in [0.2, 0.25) is 0 Å². The van der Waals surface area contributed by atoms with Gasteiger partial charge in [0.25, 0.3) is 0 Å². The molecule has 4 aromatic rings. The molecule has 4 rings (SSSR count). The minimum atomic E-state index is 0.909. The Bertz CT molecular complexity index is 838. The molecule has 0 aliphatic carbocycles. The highest BCUT2D eigenvalue weighted by atomic mass is 14.7. The van der Waals surface area contributed by atoms with Crippen molar-refractivity contribution in [2.45, 2.75) is 0 Å². The molecule has 4 nitrogen and oxygen atoms in total. The highest BCUT2D eigenvalue weighted by Gasteiger charge is 2.04. The van der Waals surface area contributed by atoms with Crippen molar-refractivity contribution in [3.8, 4) is 33.6 Å². The van der Waals surface area contributed by atoms with Crippen LogP contribution in [0.1, 0.15) is 0 Å². The van der Waals surface area contributed by atoms with Gasteiger partial charge < -0.3 is 0 Å². The molecule has 0 atom stereocenters. The van der Waals surface area contributed by atoms with Gasteiger partial charge >= 0.3 is 0 Å². The van der Waals surface area contributed by atoms with E-state index in [-0.39, 0.29) is 0 Å². The molecule has 0 radical (unpaired) electrons. The predicted octanol–water partition coefficient (Wildman–Crippen LogP) is 4.27. The van der Waals surface area contributed by atoms with Gasteiger partial charge in [-0.25, -0.2) is 0 Å². The van der Waals surface area contributed by atoms with Crippen molar-refractivity contribution in [3.05, 3.63) is 85.7 Å². The van der Waals surface area contributed by atoms with Gasteiger partial charge in [-0.2, -0.15) is 0 Å². The molecule has 0 aliphatic rings. The first kappa shape index (κ1) is 14.2. The fraction of sp³-hybridized carbons (Fsp3) is 0. The molecule has 0 amide bonds. The maximum absolute atomic E-state index is 4.53. The van der Waals surface area contributed by atoms with Crippen LogP contribution in [0.2, 0.25) is 0 Å². The van der Waals surface area contributed by atoms with Crippen molar-refractivity contribution >= 4 is 0 Å². The van der Waals surface area contributed by atoms with Gasteiger partial charge in [0.15, 0.2) is 0 Å². The van der Waals surface area contributed by atoms with E-state index >= 15 is 0 Å². The van der Waals surface area contributed by atoms with Gasteiger partial charge in [-0.15, -0.1) is 0 Å². The number of rotatable bonds is 3. The molecule has 4 aromatic heterocycles. The molecular weight excluding hydrogens is 296 g/mol. The quantitative estimate of drug-likeness (QED) is 0.567. The summed E-state index contributed by atoms with van der Waals surface area (Å²) in [6.07, 6.45) is 10.9. The largest absolute Gasteiger partial charge is 0.264 e. The molecule has 0 spiro atoms. The van der Waals surface area contributed by atoms with Crippen LogP contribution < -0.4 is 0 Å². The Morgan fingerprint density at radius 3 is 1.29 bits per heavy atom. The normalized spacial score (nSPS) is 10.5. The molecule has 114 valence electrons. The van der Waals surface area contributed by atoms with Crippen molar-refractivity contribution in [1.82, 2.24) is 19.9 Å². The Morgan fingerprint density at radius 1 is 0.458 bits per heavy atom. The van der Waals surface area contributed by atoms with Crippen molar-refractivity contribution < 1.29 is 0 Å². The zero-order chi connectivity index (χ0) is 16.2. The second-order valence-corrected chi connectivity index (χ2v) is 5.35. The summed E-state index contributed by atoms with van der Waals surface area (Å²) < 4.78 is 0. The minimum absolute atomic E-state index is 0.909. The summed E-state index contributed by atoms with van der Waals surface area (Å²) in [4.78, 5) is 17.3. The van der Waals surface area contributed by atoms with Crippen molar-refractivity contribution in [2.24, 2.45) is 0 Å². The number of hydrogen-bond donors (Lipinski definition) is 0. The van der Waals surface area contributed by atoms with E-state index in [0.717, 1.165) is 33.6 Å². The molecule has 0 unspecified atom stereocenters. The van der Waals surface area contributed by atoms with Gasteiger partial charge in [0, 0.05) is 59.4 Å². The number of hydrogen-bond acceptors (Lipinski definition) is 4. The van der Waals surface area contributed by atoms with Gasteiger partial charge in [0.1, 0.15) is 0 Å². The third-order valence-corrected chi connectivity index (χ3v) is 3.77. The van der Waals surface area contributed by atoms with E-state index in [1.807, 2.05) is 61.2 Å². The summed E-state index contributed by atoms with van der Waals surface area (Å²) in [5.41, 5.74) is 5.91. The lowest BCUT2D eigenvalue weighted by atomic mass is 10.1. The molecular formula is C20H14N4. The van der Waals surface area contributed by atoms with Gasteiger partial charge in [-0.3, -0.25) is 19.9 Å². The summed E-state index contributed by atoms with van der Waals surface area (Å²) in [5, 5.41) is 0. The predicted molar refractivity (Wildman–Crippen MR) is 93.9 cm³/mol. The van der Waals surface area contributed by atoms with Gasteiger partial charge in [0.05, 0.1) is 11.4 Å². The first-order valence-electron chi connectivity index (χ1n) is 7.63. The first-order valence-corrected chi connectivity index (χ1v) is 7.63. The van der Waals surface area contributed by atoms with E-state index in [0.29, 0.717) is 0 Å².